The molecule has 0 aliphatic rings. The average molecular weight is 533 g/mol. The summed E-state index contributed by atoms with van der Waals surface area (Å²) in [5.74, 6) is -4.00. The van der Waals surface area contributed by atoms with Gasteiger partial charge in [-0.25, -0.2) is 0 Å². The molecule has 0 aromatic heterocycles. The van der Waals surface area contributed by atoms with Gasteiger partial charge in [-0.2, -0.15) is 8.42 Å². The van der Waals surface area contributed by atoms with E-state index >= 15 is 0 Å². The quantitative estimate of drug-likeness (QED) is 0.0720. The van der Waals surface area contributed by atoms with Crippen molar-refractivity contribution in [3.05, 3.63) is 24.8 Å². The molecule has 0 spiro atoms. The average Bonchev–Trinajstić information content (AvgIpc) is 2.72. The summed E-state index contributed by atoms with van der Waals surface area (Å²) < 4.78 is 32.5. The molecule has 0 fully saturated rings. The fourth-order valence-electron chi connectivity index (χ4n) is 4.21. The first-order valence-electron chi connectivity index (χ1n) is 12.3. The Morgan fingerprint density at radius 1 is 0.857 bits per heavy atom. The van der Waals surface area contributed by atoms with Crippen LogP contribution in [0.4, 0.5) is 0 Å². The van der Waals surface area contributed by atoms with Gasteiger partial charge in [-0.3, -0.25) is 4.55 Å². The van der Waals surface area contributed by atoms with Gasteiger partial charge in [-0.1, -0.05) is 89.4 Å². The molecule has 0 aromatic carbocycles. The fourth-order valence-corrected chi connectivity index (χ4v) is 5.33. The van der Waals surface area contributed by atoms with Crippen LogP contribution in [0.25, 0.3) is 0 Å². The van der Waals surface area contributed by atoms with E-state index in [0.29, 0.717) is 12.8 Å². The molecule has 7 nitrogen and oxygen atoms in total. The Kier molecular flexibility index (Phi) is 26.7. The largest absolute Gasteiger partial charge is 1.00 e. The number of carboxylic acids is 2. The van der Waals surface area contributed by atoms with E-state index in [9.17, 15) is 32.8 Å². The molecule has 0 rings (SSSR count). The molecule has 0 aromatic rings. The van der Waals surface area contributed by atoms with E-state index in [1.54, 1.807) is 0 Å². The third-order valence-electron chi connectivity index (χ3n) is 6.06. The maximum absolute atomic E-state index is 11.8. The van der Waals surface area contributed by atoms with Crippen molar-refractivity contribution >= 4 is 22.1 Å². The van der Waals surface area contributed by atoms with E-state index in [1.165, 1.54) is 38.5 Å². The summed E-state index contributed by atoms with van der Waals surface area (Å²) >= 11 is 0. The standard InChI is InChI=1S/C25H44O7S.2Na/c1-3-5-6-7-8-9-10-11-12-13-14-15-16-17-18-19-21-25(20-4-2,24(28)29)22(23(26)27)33(30,31)32;;/h4,11-12,22H,2-3,5-10,13-21H2,1H3,(H,26,27)(H,28,29)(H,30,31,32);;/q;2*+1/p-2/b12-11-;;. The third-order valence-corrected chi connectivity index (χ3v) is 7.30. The summed E-state index contributed by atoms with van der Waals surface area (Å²) in [5, 5.41) is 20.5. The predicted octanol–water partition coefficient (Wildman–Crippen LogP) is -2.26. The van der Waals surface area contributed by atoms with E-state index in [-0.39, 0.29) is 65.5 Å². The van der Waals surface area contributed by atoms with Crippen LogP contribution in [0.5, 0.6) is 0 Å². The van der Waals surface area contributed by atoms with Crippen LogP contribution >= 0.6 is 0 Å². The molecule has 0 bridgehead atoms. The van der Waals surface area contributed by atoms with Gasteiger partial charge in [0.05, 0.1) is 5.97 Å². The Bertz CT molecular complexity index is 711. The Balaban J connectivity index is -0.00000512. The molecule has 35 heavy (non-hydrogen) atoms. The molecule has 0 amide bonds. The molecule has 0 heterocycles. The van der Waals surface area contributed by atoms with Gasteiger partial charge in [0.2, 0.25) is 0 Å². The zero-order valence-corrected chi connectivity index (χ0v) is 27.0. The van der Waals surface area contributed by atoms with Gasteiger partial charge < -0.3 is 19.8 Å². The van der Waals surface area contributed by atoms with Gasteiger partial charge in [-0.05, 0) is 38.5 Å². The number of carboxylic acid groups (broad SMARTS) is 2. The number of rotatable bonds is 22. The van der Waals surface area contributed by atoms with Gasteiger partial charge in [0.15, 0.2) is 0 Å². The van der Waals surface area contributed by atoms with E-state index in [2.05, 4.69) is 25.7 Å². The van der Waals surface area contributed by atoms with Crippen molar-refractivity contribution in [2.75, 3.05) is 0 Å². The minimum atomic E-state index is -5.20. The minimum Gasteiger partial charge on any atom is -0.549 e. The second kappa shape index (κ2) is 23.4. The minimum absolute atomic E-state index is 0. The number of carbonyl (C=O) groups excluding carboxylic acids is 2. The maximum atomic E-state index is 11.8. The van der Waals surface area contributed by atoms with E-state index in [1.807, 2.05) is 0 Å². The molecule has 0 saturated heterocycles. The van der Waals surface area contributed by atoms with Crippen molar-refractivity contribution in [3.63, 3.8) is 0 Å². The number of carbonyl (C=O) groups is 2. The van der Waals surface area contributed by atoms with E-state index in [0.717, 1.165) is 44.6 Å². The van der Waals surface area contributed by atoms with Crippen molar-refractivity contribution in [2.24, 2.45) is 5.41 Å². The molecule has 0 aliphatic carbocycles. The second-order valence-corrected chi connectivity index (χ2v) is 10.3. The van der Waals surface area contributed by atoms with Gasteiger partial charge in [-0.15, -0.1) is 6.58 Å². The van der Waals surface area contributed by atoms with Crippen LogP contribution in [0.2, 0.25) is 0 Å². The summed E-state index contributed by atoms with van der Waals surface area (Å²) in [7, 11) is -5.20. The molecule has 0 aliphatic heterocycles. The smallest absolute Gasteiger partial charge is 0.549 e. The molecule has 2 atom stereocenters. The summed E-state index contributed by atoms with van der Waals surface area (Å²) in [5.41, 5.74) is -2.31. The molecule has 192 valence electrons. The number of hydrogen-bond acceptors (Lipinski definition) is 6. The topological polar surface area (TPSA) is 135 Å². The molecular formula is C25H42Na2O7S. The third kappa shape index (κ3) is 17.5. The van der Waals surface area contributed by atoms with Crippen LogP contribution in [0, 0.1) is 5.41 Å². The zero-order chi connectivity index (χ0) is 25.2. The fraction of sp³-hybridized carbons (Fsp3) is 0.760. The Hall–Kier alpha value is 0.330. The van der Waals surface area contributed by atoms with Crippen LogP contribution in [-0.4, -0.2) is 30.2 Å². The second-order valence-electron chi connectivity index (χ2n) is 8.84. The van der Waals surface area contributed by atoms with Gasteiger partial charge in [0.1, 0.15) is 5.25 Å². The maximum Gasteiger partial charge on any atom is 1.00 e. The predicted molar refractivity (Wildman–Crippen MR) is 127 cm³/mol. The Morgan fingerprint density at radius 3 is 1.66 bits per heavy atom. The van der Waals surface area contributed by atoms with Gasteiger partial charge in [0.25, 0.3) is 10.1 Å². The molecule has 2 unspecified atom stereocenters. The summed E-state index contributed by atoms with van der Waals surface area (Å²) in [4.78, 5) is 23.1. The molecule has 10 heteroatoms. The monoisotopic (exact) mass is 532 g/mol. The van der Waals surface area contributed by atoms with Crippen LogP contribution < -0.4 is 69.3 Å². The van der Waals surface area contributed by atoms with Gasteiger partial charge >= 0.3 is 59.1 Å². The van der Waals surface area contributed by atoms with Crippen LogP contribution in [-0.2, 0) is 19.7 Å². The van der Waals surface area contributed by atoms with Crippen LogP contribution in [0.1, 0.15) is 110 Å². The first-order valence-corrected chi connectivity index (χ1v) is 13.8. The van der Waals surface area contributed by atoms with E-state index < -0.39 is 39.1 Å². The van der Waals surface area contributed by atoms with Gasteiger partial charge in [0, 0.05) is 11.4 Å². The number of unbranched alkanes of at least 4 members (excludes halogenated alkanes) is 12. The van der Waals surface area contributed by atoms with Crippen molar-refractivity contribution in [3.8, 4) is 0 Å². The first kappa shape index (κ1) is 39.8. The SMILES string of the molecule is C=CCC(CCCCCCCC/C=C\CCCCCCCC)(C(=O)[O-])C(C(=O)[O-])S(=O)(=O)O.[Na+].[Na+]. The molecule has 0 radical (unpaired) electrons. The summed E-state index contributed by atoms with van der Waals surface area (Å²) in [6.07, 6.45) is 19.6. The van der Waals surface area contributed by atoms with Crippen molar-refractivity contribution in [2.45, 2.75) is 115 Å². The molecular weight excluding hydrogens is 490 g/mol. The zero-order valence-electron chi connectivity index (χ0n) is 22.1. The normalized spacial score (nSPS) is 13.9. The molecule has 1 N–H and O–H groups in total. The van der Waals surface area contributed by atoms with Crippen molar-refractivity contribution in [1.29, 1.82) is 0 Å². The number of hydrogen-bond donors (Lipinski definition) is 1. The van der Waals surface area contributed by atoms with Crippen LogP contribution in [0.15, 0.2) is 24.8 Å². The van der Waals surface area contributed by atoms with Crippen LogP contribution in [0.3, 0.4) is 0 Å². The van der Waals surface area contributed by atoms with Crippen molar-refractivity contribution in [1.82, 2.24) is 0 Å². The van der Waals surface area contributed by atoms with E-state index in [4.69, 9.17) is 0 Å². The Labute approximate surface area is 256 Å². The first-order chi connectivity index (χ1) is 15.6. The molecule has 0 saturated carbocycles. The number of aliphatic carboxylic acids is 2. The summed E-state index contributed by atoms with van der Waals surface area (Å²) in [6, 6.07) is 0. The van der Waals surface area contributed by atoms with Crippen molar-refractivity contribution < 1.29 is 91.9 Å². The number of allylic oxidation sites excluding steroid dienone is 3. The Morgan fingerprint density at radius 2 is 1.29 bits per heavy atom. The summed E-state index contributed by atoms with van der Waals surface area (Å²) in [6.45, 7) is 5.61.